The summed E-state index contributed by atoms with van der Waals surface area (Å²) < 4.78 is 11.6. The molecule has 1 heterocycles. The first-order valence-electron chi connectivity index (χ1n) is 12.0. The van der Waals surface area contributed by atoms with Crippen molar-refractivity contribution in [1.29, 1.82) is 0 Å². The SMILES string of the molecule is C=CCCCCCCCCOc1ccc(-c2ncc(OCCCC(C)CC)cn2)cc1. The lowest BCUT2D eigenvalue weighted by atomic mass is 10.0. The van der Waals surface area contributed by atoms with Crippen LogP contribution in [0.2, 0.25) is 0 Å². The molecule has 1 atom stereocenters. The molecule has 0 aliphatic heterocycles. The molecule has 4 nitrogen and oxygen atoms in total. The van der Waals surface area contributed by atoms with E-state index >= 15 is 0 Å². The van der Waals surface area contributed by atoms with Gasteiger partial charge in [0.25, 0.3) is 0 Å². The zero-order valence-corrected chi connectivity index (χ0v) is 19.5. The number of hydrogen-bond acceptors (Lipinski definition) is 4. The summed E-state index contributed by atoms with van der Waals surface area (Å²) >= 11 is 0. The third kappa shape index (κ3) is 10.5. The Morgan fingerprint density at radius 3 is 2.13 bits per heavy atom. The maximum atomic E-state index is 5.87. The van der Waals surface area contributed by atoms with Crippen molar-refractivity contribution in [3.8, 4) is 22.9 Å². The molecule has 1 unspecified atom stereocenters. The molecule has 4 heteroatoms. The van der Waals surface area contributed by atoms with Crippen LogP contribution in [-0.4, -0.2) is 23.2 Å². The Labute approximate surface area is 189 Å². The van der Waals surface area contributed by atoms with Crippen LogP contribution in [0, 0.1) is 5.92 Å². The molecule has 1 aromatic carbocycles. The van der Waals surface area contributed by atoms with Gasteiger partial charge in [0.05, 0.1) is 25.6 Å². The summed E-state index contributed by atoms with van der Waals surface area (Å²) in [4.78, 5) is 8.90. The molecule has 0 aliphatic rings. The first-order chi connectivity index (χ1) is 15.2. The summed E-state index contributed by atoms with van der Waals surface area (Å²) in [6.07, 6.45) is 17.6. The molecule has 1 aromatic heterocycles. The van der Waals surface area contributed by atoms with E-state index in [1.54, 1.807) is 12.4 Å². The van der Waals surface area contributed by atoms with Crippen LogP contribution in [0.3, 0.4) is 0 Å². The third-order valence-corrected chi connectivity index (χ3v) is 5.62. The molecule has 2 aromatic rings. The number of benzene rings is 1. The Hall–Kier alpha value is -2.36. The van der Waals surface area contributed by atoms with Crippen molar-refractivity contribution in [2.24, 2.45) is 5.92 Å². The van der Waals surface area contributed by atoms with Gasteiger partial charge in [-0.3, -0.25) is 0 Å². The van der Waals surface area contributed by atoms with Gasteiger partial charge < -0.3 is 9.47 Å². The van der Waals surface area contributed by atoms with Crippen LogP contribution < -0.4 is 9.47 Å². The molecule has 0 radical (unpaired) electrons. The normalized spacial score (nSPS) is 11.8. The van der Waals surface area contributed by atoms with Crippen LogP contribution in [0.1, 0.15) is 78.1 Å². The Bertz CT molecular complexity index is 713. The van der Waals surface area contributed by atoms with E-state index in [1.165, 1.54) is 44.9 Å². The highest BCUT2D eigenvalue weighted by atomic mass is 16.5. The van der Waals surface area contributed by atoms with E-state index in [4.69, 9.17) is 9.47 Å². The van der Waals surface area contributed by atoms with Crippen LogP contribution in [0.4, 0.5) is 0 Å². The number of aromatic nitrogens is 2. The number of rotatable bonds is 17. The summed E-state index contributed by atoms with van der Waals surface area (Å²) in [5.41, 5.74) is 0.982. The third-order valence-electron chi connectivity index (χ3n) is 5.62. The summed E-state index contributed by atoms with van der Waals surface area (Å²) in [5, 5.41) is 0. The molecule has 0 aliphatic carbocycles. The van der Waals surface area contributed by atoms with Gasteiger partial charge in [-0.15, -0.1) is 6.58 Å². The van der Waals surface area contributed by atoms with Gasteiger partial charge in [0.2, 0.25) is 0 Å². The molecule has 0 N–H and O–H groups in total. The van der Waals surface area contributed by atoms with Crippen LogP contribution in [-0.2, 0) is 0 Å². The Balaban J connectivity index is 1.65. The van der Waals surface area contributed by atoms with Crippen molar-refractivity contribution in [2.75, 3.05) is 13.2 Å². The molecular formula is C27H40N2O2. The summed E-state index contributed by atoms with van der Waals surface area (Å²) in [5.74, 6) is 3.09. The van der Waals surface area contributed by atoms with Crippen molar-refractivity contribution >= 4 is 0 Å². The summed E-state index contributed by atoms with van der Waals surface area (Å²) in [6.45, 7) is 9.76. The second-order valence-corrected chi connectivity index (χ2v) is 8.32. The monoisotopic (exact) mass is 424 g/mol. The fourth-order valence-corrected chi connectivity index (χ4v) is 3.35. The Kier molecular flexibility index (Phi) is 12.4. The minimum absolute atomic E-state index is 0.704. The highest BCUT2D eigenvalue weighted by molar-refractivity contribution is 5.56. The molecule has 2 rings (SSSR count). The minimum atomic E-state index is 0.704. The van der Waals surface area contributed by atoms with Crippen LogP contribution in [0.15, 0.2) is 49.3 Å². The Morgan fingerprint density at radius 1 is 0.839 bits per heavy atom. The number of ether oxygens (including phenoxy) is 2. The standard InChI is InChI=1S/C27H40N2O2/c1-4-6-7-8-9-10-11-12-19-30-25-17-15-24(16-18-25)27-28-21-26(22-29-27)31-20-13-14-23(3)5-2/h4,15-18,21-23H,1,5-14,19-20H2,2-3H3. The van der Waals surface area contributed by atoms with E-state index in [2.05, 4.69) is 30.4 Å². The van der Waals surface area contributed by atoms with Gasteiger partial charge in [-0.05, 0) is 62.3 Å². The molecule has 0 bridgehead atoms. The van der Waals surface area contributed by atoms with E-state index in [0.29, 0.717) is 12.4 Å². The number of unbranched alkanes of at least 4 members (excludes halogenated alkanes) is 6. The average molecular weight is 425 g/mol. The second kappa shape index (κ2) is 15.4. The minimum Gasteiger partial charge on any atom is -0.494 e. The molecule has 0 saturated carbocycles. The van der Waals surface area contributed by atoms with Crippen LogP contribution in [0.25, 0.3) is 11.4 Å². The van der Waals surface area contributed by atoms with Crippen molar-refractivity contribution in [2.45, 2.75) is 78.1 Å². The van der Waals surface area contributed by atoms with Gasteiger partial charge in [0.1, 0.15) is 5.75 Å². The summed E-state index contributed by atoms with van der Waals surface area (Å²) in [6, 6.07) is 8.01. The van der Waals surface area contributed by atoms with Gasteiger partial charge in [0, 0.05) is 5.56 Å². The molecule has 31 heavy (non-hydrogen) atoms. The molecule has 170 valence electrons. The maximum Gasteiger partial charge on any atom is 0.159 e. The zero-order valence-electron chi connectivity index (χ0n) is 19.5. The van der Waals surface area contributed by atoms with Crippen LogP contribution in [0.5, 0.6) is 11.5 Å². The predicted octanol–water partition coefficient (Wildman–Crippen LogP) is 7.64. The van der Waals surface area contributed by atoms with Gasteiger partial charge in [-0.25, -0.2) is 9.97 Å². The summed E-state index contributed by atoms with van der Waals surface area (Å²) in [7, 11) is 0. The highest BCUT2D eigenvalue weighted by Gasteiger charge is 2.04. The smallest absolute Gasteiger partial charge is 0.159 e. The lowest BCUT2D eigenvalue weighted by molar-refractivity contribution is 0.292. The number of nitrogens with zero attached hydrogens (tertiary/aromatic N) is 2. The Morgan fingerprint density at radius 2 is 1.45 bits per heavy atom. The first-order valence-corrected chi connectivity index (χ1v) is 12.0. The zero-order chi connectivity index (χ0) is 22.2. The van der Waals surface area contributed by atoms with E-state index < -0.39 is 0 Å². The van der Waals surface area contributed by atoms with Gasteiger partial charge in [-0.2, -0.15) is 0 Å². The van der Waals surface area contributed by atoms with E-state index in [1.807, 2.05) is 30.3 Å². The van der Waals surface area contributed by atoms with Crippen LogP contribution >= 0.6 is 0 Å². The average Bonchev–Trinajstić information content (AvgIpc) is 2.81. The number of hydrogen-bond donors (Lipinski definition) is 0. The first kappa shape index (κ1) is 24.9. The van der Waals surface area contributed by atoms with Gasteiger partial charge in [0.15, 0.2) is 11.6 Å². The quantitative estimate of drug-likeness (QED) is 0.193. The van der Waals surface area contributed by atoms with Crippen molar-refractivity contribution in [1.82, 2.24) is 9.97 Å². The molecule has 0 fully saturated rings. The lowest BCUT2D eigenvalue weighted by Gasteiger charge is -2.09. The molecule has 0 saturated heterocycles. The highest BCUT2D eigenvalue weighted by Crippen LogP contribution is 2.21. The second-order valence-electron chi connectivity index (χ2n) is 8.32. The largest absolute Gasteiger partial charge is 0.494 e. The predicted molar refractivity (Wildman–Crippen MR) is 130 cm³/mol. The van der Waals surface area contributed by atoms with E-state index in [9.17, 15) is 0 Å². The molecular weight excluding hydrogens is 384 g/mol. The van der Waals surface area contributed by atoms with Crippen molar-refractivity contribution in [3.63, 3.8) is 0 Å². The van der Waals surface area contributed by atoms with Crippen molar-refractivity contribution in [3.05, 3.63) is 49.3 Å². The number of allylic oxidation sites excluding steroid dienone is 1. The molecule has 0 amide bonds. The fraction of sp³-hybridized carbons (Fsp3) is 0.556. The van der Waals surface area contributed by atoms with E-state index in [-0.39, 0.29) is 0 Å². The van der Waals surface area contributed by atoms with Gasteiger partial charge in [-0.1, -0.05) is 52.0 Å². The van der Waals surface area contributed by atoms with Gasteiger partial charge >= 0.3 is 0 Å². The fourth-order valence-electron chi connectivity index (χ4n) is 3.35. The van der Waals surface area contributed by atoms with E-state index in [0.717, 1.165) is 48.8 Å². The van der Waals surface area contributed by atoms with Crippen molar-refractivity contribution < 1.29 is 9.47 Å². The maximum absolute atomic E-state index is 5.87. The topological polar surface area (TPSA) is 44.2 Å². The lowest BCUT2D eigenvalue weighted by Crippen LogP contribution is -2.02. The molecule has 0 spiro atoms.